The second kappa shape index (κ2) is 5.97. The van der Waals surface area contributed by atoms with E-state index in [-0.39, 0.29) is 5.91 Å². The third-order valence-corrected chi connectivity index (χ3v) is 3.86. The third-order valence-electron chi connectivity index (χ3n) is 3.62. The number of benzene rings is 2. The first-order chi connectivity index (χ1) is 11.0. The van der Waals surface area contributed by atoms with E-state index >= 15 is 0 Å². The molecule has 2 aromatic rings. The molecule has 0 unspecified atom stereocenters. The fourth-order valence-corrected chi connectivity index (χ4v) is 2.84. The molecule has 118 valence electrons. The number of halogens is 1. The highest BCUT2D eigenvalue weighted by Crippen LogP contribution is 2.43. The number of amides is 1. The minimum atomic E-state index is -0.0794. The Morgan fingerprint density at radius 1 is 1.17 bits per heavy atom. The van der Waals surface area contributed by atoms with Crippen LogP contribution in [-0.4, -0.2) is 32.0 Å². The zero-order valence-electron chi connectivity index (χ0n) is 13.2. The number of anilines is 2. The monoisotopic (exact) mass is 328 g/mol. The molecule has 1 aliphatic heterocycles. The van der Waals surface area contributed by atoms with Crippen LogP contribution < -0.4 is 9.64 Å². The highest BCUT2D eigenvalue weighted by molar-refractivity contribution is 6.35. The maximum atomic E-state index is 13.0. The molecule has 1 amide bonds. The lowest BCUT2D eigenvalue weighted by atomic mass is 10.1. The van der Waals surface area contributed by atoms with Crippen molar-refractivity contribution in [3.8, 4) is 5.75 Å². The summed E-state index contributed by atoms with van der Waals surface area (Å²) in [5.41, 5.74) is 3.05. The summed E-state index contributed by atoms with van der Waals surface area (Å²) in [5, 5.41) is 0.593. The Balaban J connectivity index is 2.19. The number of rotatable bonds is 3. The number of hydrogen-bond donors (Lipinski definition) is 0. The van der Waals surface area contributed by atoms with Crippen LogP contribution in [0.1, 0.15) is 5.56 Å². The second-order valence-corrected chi connectivity index (χ2v) is 5.95. The minimum Gasteiger partial charge on any atom is -0.497 e. The van der Waals surface area contributed by atoms with Crippen LogP contribution >= 0.6 is 11.6 Å². The summed E-state index contributed by atoms with van der Waals surface area (Å²) in [7, 11) is 5.40. The van der Waals surface area contributed by atoms with Crippen LogP contribution in [0.2, 0.25) is 5.02 Å². The van der Waals surface area contributed by atoms with Crippen molar-refractivity contribution in [2.75, 3.05) is 26.1 Å². The van der Waals surface area contributed by atoms with Crippen molar-refractivity contribution in [1.82, 2.24) is 4.90 Å². The molecule has 2 aromatic carbocycles. The summed E-state index contributed by atoms with van der Waals surface area (Å²) in [4.78, 5) is 16.5. The zero-order valence-corrected chi connectivity index (χ0v) is 14.0. The molecule has 4 nitrogen and oxygen atoms in total. The Kier molecular flexibility index (Phi) is 4.01. The van der Waals surface area contributed by atoms with E-state index in [0.29, 0.717) is 16.3 Å². The Morgan fingerprint density at radius 2 is 1.96 bits per heavy atom. The molecule has 0 aromatic heterocycles. The lowest BCUT2D eigenvalue weighted by Gasteiger charge is -2.17. The van der Waals surface area contributed by atoms with Gasteiger partial charge < -0.3 is 9.64 Å². The molecular formula is C18H17ClN2O2. The first-order valence-electron chi connectivity index (χ1n) is 7.18. The van der Waals surface area contributed by atoms with E-state index < -0.39 is 0 Å². The summed E-state index contributed by atoms with van der Waals surface area (Å²) in [6, 6.07) is 12.9. The van der Waals surface area contributed by atoms with Gasteiger partial charge in [0.1, 0.15) is 5.75 Å². The molecule has 0 radical (unpaired) electrons. The molecule has 0 fully saturated rings. The van der Waals surface area contributed by atoms with Gasteiger partial charge in [0, 0.05) is 30.9 Å². The van der Waals surface area contributed by atoms with Gasteiger partial charge >= 0.3 is 0 Å². The summed E-state index contributed by atoms with van der Waals surface area (Å²) in [6.07, 6.45) is 1.82. The van der Waals surface area contributed by atoms with Gasteiger partial charge in [-0.3, -0.25) is 9.69 Å². The second-order valence-electron chi connectivity index (χ2n) is 5.51. The quantitative estimate of drug-likeness (QED) is 0.800. The third kappa shape index (κ3) is 2.78. The molecule has 0 bridgehead atoms. The van der Waals surface area contributed by atoms with Gasteiger partial charge in [-0.05, 0) is 36.4 Å². The van der Waals surface area contributed by atoms with Crippen LogP contribution in [0.4, 0.5) is 11.4 Å². The Morgan fingerprint density at radius 3 is 2.61 bits per heavy atom. The van der Waals surface area contributed by atoms with Crippen LogP contribution in [-0.2, 0) is 4.79 Å². The lowest BCUT2D eigenvalue weighted by Crippen LogP contribution is -2.21. The Labute approximate surface area is 140 Å². The molecule has 5 heteroatoms. The number of hydrogen-bond acceptors (Lipinski definition) is 3. The Bertz CT molecular complexity index is 799. The predicted octanol–water partition coefficient (Wildman–Crippen LogP) is 3.93. The fraction of sp³-hybridized carbons (Fsp3) is 0.167. The van der Waals surface area contributed by atoms with Gasteiger partial charge in [-0.25, -0.2) is 0 Å². The van der Waals surface area contributed by atoms with Gasteiger partial charge in [0.05, 0.1) is 24.1 Å². The Hall–Kier alpha value is -2.46. The van der Waals surface area contributed by atoms with Gasteiger partial charge in [0.15, 0.2) is 0 Å². The molecule has 23 heavy (non-hydrogen) atoms. The summed E-state index contributed by atoms with van der Waals surface area (Å²) in [6.45, 7) is 0. The SMILES string of the molecule is COc1ccc2c(c1)C(=CN(C)C)C(=O)N2c1cccc(Cl)c1. The fourth-order valence-electron chi connectivity index (χ4n) is 2.65. The number of nitrogens with zero attached hydrogens (tertiary/aromatic N) is 2. The maximum absolute atomic E-state index is 13.0. The van der Waals surface area contributed by atoms with Crippen molar-refractivity contribution in [3.05, 3.63) is 59.3 Å². The molecule has 0 atom stereocenters. The van der Waals surface area contributed by atoms with E-state index in [9.17, 15) is 4.79 Å². The van der Waals surface area contributed by atoms with Crippen LogP contribution in [0.3, 0.4) is 0 Å². The van der Waals surface area contributed by atoms with Crippen molar-refractivity contribution < 1.29 is 9.53 Å². The normalized spacial score (nSPS) is 15.0. The average Bonchev–Trinajstić information content (AvgIpc) is 2.78. The van der Waals surface area contributed by atoms with Gasteiger partial charge in [0.25, 0.3) is 5.91 Å². The van der Waals surface area contributed by atoms with E-state index in [2.05, 4.69) is 0 Å². The topological polar surface area (TPSA) is 32.8 Å². The van der Waals surface area contributed by atoms with Gasteiger partial charge in [-0.15, -0.1) is 0 Å². The van der Waals surface area contributed by atoms with Crippen molar-refractivity contribution in [3.63, 3.8) is 0 Å². The van der Waals surface area contributed by atoms with Gasteiger partial charge in [-0.2, -0.15) is 0 Å². The van der Waals surface area contributed by atoms with Crippen molar-refractivity contribution in [2.45, 2.75) is 0 Å². The first kappa shape index (κ1) is 15.4. The molecule has 1 aliphatic rings. The highest BCUT2D eigenvalue weighted by atomic mass is 35.5. The molecule has 0 saturated carbocycles. The zero-order chi connectivity index (χ0) is 16.6. The molecule has 0 spiro atoms. The molecule has 1 heterocycles. The van der Waals surface area contributed by atoms with E-state index in [4.69, 9.17) is 16.3 Å². The summed E-state index contributed by atoms with van der Waals surface area (Å²) >= 11 is 6.09. The van der Waals surface area contributed by atoms with Gasteiger partial charge in [0.2, 0.25) is 0 Å². The van der Waals surface area contributed by atoms with Crippen LogP contribution in [0.5, 0.6) is 5.75 Å². The largest absolute Gasteiger partial charge is 0.497 e. The number of fused-ring (bicyclic) bond motifs is 1. The van der Waals surface area contributed by atoms with Crippen LogP contribution in [0.15, 0.2) is 48.7 Å². The number of carbonyl (C=O) groups is 1. The van der Waals surface area contributed by atoms with E-state index in [1.54, 1.807) is 24.1 Å². The smallest absolute Gasteiger partial charge is 0.265 e. The predicted molar refractivity (Wildman–Crippen MR) is 93.3 cm³/mol. The maximum Gasteiger partial charge on any atom is 0.265 e. The molecule has 0 N–H and O–H groups in total. The molecule has 0 aliphatic carbocycles. The average molecular weight is 329 g/mol. The highest BCUT2D eigenvalue weighted by Gasteiger charge is 2.34. The van der Waals surface area contributed by atoms with E-state index in [0.717, 1.165) is 16.9 Å². The first-order valence-corrected chi connectivity index (χ1v) is 7.55. The minimum absolute atomic E-state index is 0.0794. The van der Waals surface area contributed by atoms with E-state index in [1.165, 1.54) is 0 Å². The molecular weight excluding hydrogens is 312 g/mol. The van der Waals surface area contributed by atoms with Gasteiger partial charge in [-0.1, -0.05) is 17.7 Å². The summed E-state index contributed by atoms with van der Waals surface area (Å²) < 4.78 is 5.30. The molecule has 0 saturated heterocycles. The molecule has 3 rings (SSSR count). The van der Waals surface area contributed by atoms with E-state index in [1.807, 2.05) is 55.5 Å². The lowest BCUT2D eigenvalue weighted by molar-refractivity contribution is -0.112. The summed E-state index contributed by atoms with van der Waals surface area (Å²) in [5.74, 6) is 0.637. The van der Waals surface area contributed by atoms with Crippen molar-refractivity contribution >= 4 is 34.5 Å². The van der Waals surface area contributed by atoms with Crippen LogP contribution in [0, 0.1) is 0 Å². The number of ether oxygens (including phenoxy) is 1. The van der Waals surface area contributed by atoms with Crippen LogP contribution in [0.25, 0.3) is 5.57 Å². The van der Waals surface area contributed by atoms with Crippen molar-refractivity contribution in [2.24, 2.45) is 0 Å². The standard InChI is InChI=1S/C18H17ClN2O2/c1-20(2)11-16-15-10-14(23-3)7-8-17(15)21(18(16)22)13-6-4-5-12(19)9-13/h4-11H,1-3H3. The van der Waals surface area contributed by atoms with Crippen molar-refractivity contribution in [1.29, 1.82) is 0 Å². The number of carbonyl (C=O) groups excluding carboxylic acids is 1. The number of methoxy groups -OCH3 is 1.